The van der Waals surface area contributed by atoms with Crippen molar-refractivity contribution in [3.05, 3.63) is 28.5 Å². The van der Waals surface area contributed by atoms with Crippen LogP contribution in [-0.4, -0.2) is 22.5 Å². The highest BCUT2D eigenvalue weighted by Gasteiger charge is 2.08. The van der Waals surface area contributed by atoms with Crippen LogP contribution in [0.1, 0.15) is 12.7 Å². The van der Waals surface area contributed by atoms with Gasteiger partial charge in [0.15, 0.2) is 0 Å². The number of imidazole rings is 1. The highest BCUT2D eigenvalue weighted by Crippen LogP contribution is 2.17. The van der Waals surface area contributed by atoms with Crippen molar-refractivity contribution in [1.82, 2.24) is 9.97 Å². The molecule has 2 aromatic rings. The summed E-state index contributed by atoms with van der Waals surface area (Å²) in [5.41, 5.74) is 1.76. The zero-order chi connectivity index (χ0) is 11.5. The van der Waals surface area contributed by atoms with Gasteiger partial charge in [-0.25, -0.2) is 4.98 Å². The largest absolute Gasteiger partial charge is 0.466 e. The summed E-state index contributed by atoms with van der Waals surface area (Å²) >= 11 is 3.38. The van der Waals surface area contributed by atoms with Crippen molar-refractivity contribution in [2.24, 2.45) is 0 Å². The molecule has 0 atom stereocenters. The van der Waals surface area contributed by atoms with E-state index in [1.165, 1.54) is 0 Å². The van der Waals surface area contributed by atoms with E-state index in [-0.39, 0.29) is 12.4 Å². The predicted octanol–water partition coefficient (Wildman–Crippen LogP) is 2.43. The summed E-state index contributed by atoms with van der Waals surface area (Å²) in [5, 5.41) is 0. The Balaban J connectivity index is 2.23. The average Bonchev–Trinajstić information content (AvgIpc) is 2.59. The molecule has 0 fully saturated rings. The minimum atomic E-state index is -0.263. The zero-order valence-electron chi connectivity index (χ0n) is 8.79. The lowest BCUT2D eigenvalue weighted by Gasteiger charge is -1.97. The fourth-order valence-corrected chi connectivity index (χ4v) is 1.83. The number of ether oxygens (including phenoxy) is 1. The first-order chi connectivity index (χ1) is 7.69. The zero-order valence-corrected chi connectivity index (χ0v) is 10.4. The third-order valence-electron chi connectivity index (χ3n) is 2.11. The predicted molar refractivity (Wildman–Crippen MR) is 64.1 cm³/mol. The van der Waals surface area contributed by atoms with Crippen LogP contribution in [-0.2, 0) is 16.0 Å². The molecule has 5 heteroatoms. The number of rotatable bonds is 3. The summed E-state index contributed by atoms with van der Waals surface area (Å²) in [6.07, 6.45) is 0.181. The molecular weight excluding hydrogens is 272 g/mol. The number of carbonyl (C=O) groups excluding carboxylic acids is 1. The maximum Gasteiger partial charge on any atom is 0.313 e. The molecule has 0 aliphatic rings. The Morgan fingerprint density at radius 2 is 2.38 bits per heavy atom. The first-order valence-corrected chi connectivity index (χ1v) is 5.78. The van der Waals surface area contributed by atoms with Crippen LogP contribution >= 0.6 is 15.9 Å². The molecular formula is C11H11BrN2O2. The second-order valence-electron chi connectivity index (χ2n) is 3.33. The molecule has 0 unspecified atom stereocenters. The Bertz CT molecular complexity index is 522. The molecule has 0 spiro atoms. The van der Waals surface area contributed by atoms with Crippen LogP contribution < -0.4 is 0 Å². The molecule has 0 radical (unpaired) electrons. The number of H-pyrrole nitrogens is 1. The van der Waals surface area contributed by atoms with Crippen molar-refractivity contribution in [3.63, 3.8) is 0 Å². The van der Waals surface area contributed by atoms with Gasteiger partial charge in [0, 0.05) is 4.47 Å². The van der Waals surface area contributed by atoms with Crippen molar-refractivity contribution in [2.45, 2.75) is 13.3 Å². The van der Waals surface area contributed by atoms with Crippen LogP contribution in [0.25, 0.3) is 11.0 Å². The van der Waals surface area contributed by atoms with Gasteiger partial charge < -0.3 is 9.72 Å². The van der Waals surface area contributed by atoms with Crippen molar-refractivity contribution in [1.29, 1.82) is 0 Å². The highest BCUT2D eigenvalue weighted by molar-refractivity contribution is 9.10. The number of aromatic nitrogens is 2. The van der Waals surface area contributed by atoms with Crippen molar-refractivity contribution in [3.8, 4) is 0 Å². The molecule has 0 saturated heterocycles. The number of nitrogens with one attached hydrogen (secondary N) is 1. The number of nitrogens with zero attached hydrogens (tertiary/aromatic N) is 1. The maximum atomic E-state index is 11.3. The molecule has 16 heavy (non-hydrogen) atoms. The molecule has 2 rings (SSSR count). The summed E-state index contributed by atoms with van der Waals surface area (Å²) < 4.78 is 5.84. The lowest BCUT2D eigenvalue weighted by atomic mass is 10.3. The number of hydrogen-bond donors (Lipinski definition) is 1. The first kappa shape index (κ1) is 11.1. The quantitative estimate of drug-likeness (QED) is 0.880. The van der Waals surface area contributed by atoms with E-state index in [2.05, 4.69) is 25.9 Å². The van der Waals surface area contributed by atoms with Crippen molar-refractivity contribution in [2.75, 3.05) is 6.61 Å². The van der Waals surface area contributed by atoms with Gasteiger partial charge in [-0.05, 0) is 25.1 Å². The van der Waals surface area contributed by atoms with E-state index in [0.717, 1.165) is 15.5 Å². The van der Waals surface area contributed by atoms with Gasteiger partial charge in [0.2, 0.25) is 0 Å². The van der Waals surface area contributed by atoms with Crippen LogP contribution in [0.5, 0.6) is 0 Å². The Kier molecular flexibility index (Phi) is 3.24. The Labute approximate surface area is 101 Å². The van der Waals surface area contributed by atoms with Gasteiger partial charge in [-0.1, -0.05) is 15.9 Å². The SMILES string of the molecule is CCOC(=O)Cc1nc2ccc(Br)cc2[nH]1. The lowest BCUT2D eigenvalue weighted by Crippen LogP contribution is -2.08. The van der Waals surface area contributed by atoms with Gasteiger partial charge in [0.1, 0.15) is 12.2 Å². The van der Waals surface area contributed by atoms with Crippen molar-refractivity contribution < 1.29 is 9.53 Å². The van der Waals surface area contributed by atoms with E-state index in [4.69, 9.17) is 4.74 Å². The smallest absolute Gasteiger partial charge is 0.313 e. The summed E-state index contributed by atoms with van der Waals surface area (Å²) in [7, 11) is 0. The third-order valence-corrected chi connectivity index (χ3v) is 2.60. The number of fused-ring (bicyclic) bond motifs is 1. The van der Waals surface area contributed by atoms with E-state index in [0.29, 0.717) is 12.4 Å². The Morgan fingerprint density at radius 3 is 3.12 bits per heavy atom. The van der Waals surface area contributed by atoms with Gasteiger partial charge in [-0.2, -0.15) is 0 Å². The van der Waals surface area contributed by atoms with Crippen LogP contribution in [0.4, 0.5) is 0 Å². The summed E-state index contributed by atoms with van der Waals surface area (Å²) in [4.78, 5) is 18.6. The average molecular weight is 283 g/mol. The first-order valence-electron chi connectivity index (χ1n) is 4.99. The van der Waals surface area contributed by atoms with E-state index in [1.807, 2.05) is 18.2 Å². The molecule has 0 bridgehead atoms. The number of halogens is 1. The van der Waals surface area contributed by atoms with Gasteiger partial charge in [0.25, 0.3) is 0 Å². The minimum absolute atomic E-state index is 0.181. The van der Waals surface area contributed by atoms with Crippen molar-refractivity contribution >= 4 is 32.9 Å². The number of aromatic amines is 1. The molecule has 4 nitrogen and oxygen atoms in total. The number of hydrogen-bond acceptors (Lipinski definition) is 3. The second kappa shape index (κ2) is 4.65. The molecule has 0 aliphatic carbocycles. The van der Waals surface area contributed by atoms with Crippen LogP contribution in [0, 0.1) is 0 Å². The van der Waals surface area contributed by atoms with Gasteiger partial charge >= 0.3 is 5.97 Å². The molecule has 1 aromatic carbocycles. The Hall–Kier alpha value is -1.36. The monoisotopic (exact) mass is 282 g/mol. The van der Waals surface area contributed by atoms with Gasteiger partial charge in [0.05, 0.1) is 17.6 Å². The van der Waals surface area contributed by atoms with E-state index in [9.17, 15) is 4.79 Å². The molecule has 84 valence electrons. The van der Waals surface area contributed by atoms with Gasteiger partial charge in [-0.15, -0.1) is 0 Å². The third kappa shape index (κ3) is 2.41. The molecule has 0 aliphatic heterocycles. The number of esters is 1. The van der Waals surface area contributed by atoms with Gasteiger partial charge in [-0.3, -0.25) is 4.79 Å². The maximum absolute atomic E-state index is 11.3. The molecule has 0 amide bonds. The molecule has 1 aromatic heterocycles. The minimum Gasteiger partial charge on any atom is -0.466 e. The summed E-state index contributed by atoms with van der Waals surface area (Å²) in [6, 6.07) is 5.73. The topological polar surface area (TPSA) is 55.0 Å². The van der Waals surface area contributed by atoms with Crippen LogP contribution in [0.15, 0.2) is 22.7 Å². The van der Waals surface area contributed by atoms with E-state index in [1.54, 1.807) is 6.92 Å². The molecule has 1 heterocycles. The lowest BCUT2D eigenvalue weighted by molar-refractivity contribution is -0.142. The van der Waals surface area contributed by atoms with E-state index < -0.39 is 0 Å². The van der Waals surface area contributed by atoms with Crippen LogP contribution in [0.2, 0.25) is 0 Å². The normalized spacial score (nSPS) is 10.6. The standard InChI is InChI=1S/C11H11BrN2O2/c1-2-16-11(15)6-10-13-8-4-3-7(12)5-9(8)14-10/h3-5H,2,6H2,1H3,(H,13,14). The summed E-state index contributed by atoms with van der Waals surface area (Å²) in [5.74, 6) is 0.368. The molecule has 0 saturated carbocycles. The second-order valence-corrected chi connectivity index (χ2v) is 4.24. The Morgan fingerprint density at radius 1 is 1.56 bits per heavy atom. The summed E-state index contributed by atoms with van der Waals surface area (Å²) in [6.45, 7) is 2.18. The fraction of sp³-hybridized carbons (Fsp3) is 0.273. The number of benzene rings is 1. The van der Waals surface area contributed by atoms with E-state index >= 15 is 0 Å². The van der Waals surface area contributed by atoms with Crippen LogP contribution in [0.3, 0.4) is 0 Å². The fourth-order valence-electron chi connectivity index (χ4n) is 1.47. The molecule has 1 N–H and O–H groups in total. The number of carbonyl (C=O) groups is 1. The highest BCUT2D eigenvalue weighted by atomic mass is 79.9.